The second-order valence-corrected chi connectivity index (χ2v) is 5.58. The molecule has 0 bridgehead atoms. The van der Waals surface area contributed by atoms with Crippen molar-refractivity contribution in [3.05, 3.63) is 35.9 Å². The van der Waals surface area contributed by atoms with Crippen LogP contribution in [0.3, 0.4) is 0 Å². The third-order valence-corrected chi connectivity index (χ3v) is 3.05. The van der Waals surface area contributed by atoms with E-state index in [9.17, 15) is 14.4 Å². The second-order valence-electron chi connectivity index (χ2n) is 5.58. The maximum Gasteiger partial charge on any atom is 0.306 e. The van der Waals surface area contributed by atoms with Gasteiger partial charge in [-0.1, -0.05) is 30.3 Å². The van der Waals surface area contributed by atoms with E-state index in [1.165, 1.54) is 0 Å². The van der Waals surface area contributed by atoms with E-state index in [4.69, 9.17) is 4.74 Å². The van der Waals surface area contributed by atoms with Crippen LogP contribution < -0.4 is 10.6 Å². The number of ether oxygens (including phenoxy) is 1. The Morgan fingerprint density at radius 1 is 0.957 bits per heavy atom. The maximum atomic E-state index is 11.8. The SMILES string of the molecule is CC(C)NC(=O)COC(=O)CCC(=O)N[C@H](C)c1ccccc1. The van der Waals surface area contributed by atoms with E-state index in [-0.39, 0.29) is 43.3 Å². The molecule has 0 saturated heterocycles. The zero-order valence-electron chi connectivity index (χ0n) is 13.8. The number of amides is 2. The van der Waals surface area contributed by atoms with Gasteiger partial charge in [0.1, 0.15) is 0 Å². The highest BCUT2D eigenvalue weighted by Gasteiger charge is 2.13. The number of benzene rings is 1. The fraction of sp³-hybridized carbons (Fsp3) is 0.471. The van der Waals surface area contributed by atoms with Gasteiger partial charge >= 0.3 is 5.97 Å². The third kappa shape index (κ3) is 7.99. The van der Waals surface area contributed by atoms with Crippen molar-refractivity contribution in [2.24, 2.45) is 0 Å². The highest BCUT2D eigenvalue weighted by molar-refractivity contribution is 5.83. The Balaban J connectivity index is 2.25. The first kappa shape index (κ1) is 18.7. The van der Waals surface area contributed by atoms with E-state index < -0.39 is 5.97 Å². The molecule has 0 aliphatic rings. The first-order chi connectivity index (χ1) is 10.9. The predicted molar refractivity (Wildman–Crippen MR) is 86.5 cm³/mol. The van der Waals surface area contributed by atoms with E-state index in [1.54, 1.807) is 0 Å². The largest absolute Gasteiger partial charge is 0.456 e. The third-order valence-electron chi connectivity index (χ3n) is 3.05. The van der Waals surface area contributed by atoms with Crippen LogP contribution in [-0.2, 0) is 19.1 Å². The molecule has 0 fully saturated rings. The number of nitrogens with one attached hydrogen (secondary N) is 2. The molecule has 0 aliphatic heterocycles. The zero-order valence-corrected chi connectivity index (χ0v) is 13.8. The lowest BCUT2D eigenvalue weighted by Gasteiger charge is -2.14. The summed E-state index contributed by atoms with van der Waals surface area (Å²) in [7, 11) is 0. The molecule has 2 N–H and O–H groups in total. The minimum absolute atomic E-state index is 0.00791. The number of hydrogen-bond acceptors (Lipinski definition) is 4. The predicted octanol–water partition coefficient (Wildman–Crippen LogP) is 1.71. The van der Waals surface area contributed by atoms with Gasteiger partial charge < -0.3 is 15.4 Å². The molecule has 0 saturated carbocycles. The average Bonchev–Trinajstić information content (AvgIpc) is 2.51. The molecule has 6 heteroatoms. The average molecular weight is 320 g/mol. The van der Waals surface area contributed by atoms with E-state index in [0.29, 0.717) is 0 Å². The van der Waals surface area contributed by atoms with Gasteiger partial charge in [-0.2, -0.15) is 0 Å². The lowest BCUT2D eigenvalue weighted by atomic mass is 10.1. The van der Waals surface area contributed by atoms with Gasteiger partial charge in [0.05, 0.1) is 12.5 Å². The molecule has 0 spiro atoms. The van der Waals surface area contributed by atoms with Gasteiger partial charge in [-0.3, -0.25) is 14.4 Å². The summed E-state index contributed by atoms with van der Waals surface area (Å²) in [6.45, 7) is 5.19. The highest BCUT2D eigenvalue weighted by atomic mass is 16.5. The molecule has 0 aromatic heterocycles. The van der Waals surface area contributed by atoms with Crippen LogP contribution in [0, 0.1) is 0 Å². The molecular weight excluding hydrogens is 296 g/mol. The molecule has 2 amide bonds. The van der Waals surface area contributed by atoms with Gasteiger partial charge in [0.15, 0.2) is 6.61 Å². The fourth-order valence-corrected chi connectivity index (χ4v) is 1.94. The number of carbonyl (C=O) groups is 3. The summed E-state index contributed by atoms with van der Waals surface area (Å²) >= 11 is 0. The molecule has 1 aromatic carbocycles. The lowest BCUT2D eigenvalue weighted by Crippen LogP contribution is -2.34. The van der Waals surface area contributed by atoms with Crippen LogP contribution in [0.2, 0.25) is 0 Å². The van der Waals surface area contributed by atoms with Crippen LogP contribution in [0.1, 0.15) is 45.2 Å². The summed E-state index contributed by atoms with van der Waals surface area (Å²) in [6, 6.07) is 9.42. The minimum Gasteiger partial charge on any atom is -0.456 e. The van der Waals surface area contributed by atoms with Crippen LogP contribution in [0.15, 0.2) is 30.3 Å². The van der Waals surface area contributed by atoms with Crippen molar-refractivity contribution in [1.82, 2.24) is 10.6 Å². The number of hydrogen-bond donors (Lipinski definition) is 2. The summed E-state index contributed by atoms with van der Waals surface area (Å²) in [5, 5.41) is 5.43. The van der Waals surface area contributed by atoms with Gasteiger partial charge in [0.25, 0.3) is 5.91 Å². The van der Waals surface area contributed by atoms with Gasteiger partial charge in [-0.05, 0) is 26.3 Å². The van der Waals surface area contributed by atoms with Crippen molar-refractivity contribution >= 4 is 17.8 Å². The standard InChI is InChI=1S/C17H24N2O4/c1-12(2)18-16(21)11-23-17(22)10-9-15(20)19-13(3)14-7-5-4-6-8-14/h4-8,12-13H,9-11H2,1-3H3,(H,18,21)(H,19,20)/t13-/m1/s1. The lowest BCUT2D eigenvalue weighted by molar-refractivity contribution is -0.149. The topological polar surface area (TPSA) is 84.5 Å². The van der Waals surface area contributed by atoms with Crippen LogP contribution >= 0.6 is 0 Å². The van der Waals surface area contributed by atoms with Crippen LogP contribution in [0.25, 0.3) is 0 Å². The molecule has 23 heavy (non-hydrogen) atoms. The van der Waals surface area contributed by atoms with Crippen molar-refractivity contribution in [3.8, 4) is 0 Å². The first-order valence-corrected chi connectivity index (χ1v) is 7.67. The Morgan fingerprint density at radius 2 is 1.61 bits per heavy atom. The molecule has 0 radical (unpaired) electrons. The smallest absolute Gasteiger partial charge is 0.306 e. The summed E-state index contributed by atoms with van der Waals surface area (Å²) in [4.78, 5) is 34.7. The molecule has 6 nitrogen and oxygen atoms in total. The number of esters is 1. The van der Waals surface area contributed by atoms with Crippen LogP contribution in [-0.4, -0.2) is 30.4 Å². The normalized spacial score (nSPS) is 11.7. The van der Waals surface area contributed by atoms with Crippen LogP contribution in [0.5, 0.6) is 0 Å². The molecule has 0 aliphatic carbocycles. The summed E-state index contributed by atoms with van der Waals surface area (Å²) in [5.41, 5.74) is 0.994. The van der Waals surface area contributed by atoms with Crippen molar-refractivity contribution in [2.45, 2.75) is 45.7 Å². The second kappa shape index (κ2) is 9.61. The summed E-state index contributed by atoms with van der Waals surface area (Å²) < 4.78 is 4.81. The maximum absolute atomic E-state index is 11.8. The van der Waals surface area contributed by atoms with Crippen molar-refractivity contribution < 1.29 is 19.1 Å². The monoisotopic (exact) mass is 320 g/mol. The van der Waals surface area contributed by atoms with Gasteiger partial charge in [0.2, 0.25) is 5.91 Å². The molecule has 126 valence electrons. The van der Waals surface area contributed by atoms with Gasteiger partial charge in [-0.25, -0.2) is 0 Å². The molecular formula is C17H24N2O4. The summed E-state index contributed by atoms with van der Waals surface area (Å²) in [6.07, 6.45) is -0.0237. The van der Waals surface area contributed by atoms with E-state index in [2.05, 4.69) is 10.6 Å². The Kier molecular flexibility index (Phi) is 7.80. The van der Waals surface area contributed by atoms with Crippen molar-refractivity contribution in [1.29, 1.82) is 0 Å². The Labute approximate surface area is 136 Å². The van der Waals surface area contributed by atoms with E-state index >= 15 is 0 Å². The fourth-order valence-electron chi connectivity index (χ4n) is 1.94. The number of carbonyl (C=O) groups excluding carboxylic acids is 3. The first-order valence-electron chi connectivity index (χ1n) is 7.67. The van der Waals surface area contributed by atoms with E-state index in [0.717, 1.165) is 5.56 Å². The number of rotatable bonds is 8. The highest BCUT2D eigenvalue weighted by Crippen LogP contribution is 2.11. The molecule has 0 heterocycles. The van der Waals surface area contributed by atoms with Crippen molar-refractivity contribution in [3.63, 3.8) is 0 Å². The van der Waals surface area contributed by atoms with Crippen LogP contribution in [0.4, 0.5) is 0 Å². The van der Waals surface area contributed by atoms with Gasteiger partial charge in [-0.15, -0.1) is 0 Å². The molecule has 1 rings (SSSR count). The molecule has 1 aromatic rings. The zero-order chi connectivity index (χ0) is 17.2. The van der Waals surface area contributed by atoms with Gasteiger partial charge in [0, 0.05) is 12.5 Å². The quantitative estimate of drug-likeness (QED) is 0.714. The molecule has 0 unspecified atom stereocenters. The Morgan fingerprint density at radius 3 is 2.22 bits per heavy atom. The molecule has 1 atom stereocenters. The minimum atomic E-state index is -0.563. The Hall–Kier alpha value is -2.37. The summed E-state index contributed by atoms with van der Waals surface area (Å²) in [5.74, 6) is -1.15. The van der Waals surface area contributed by atoms with E-state index in [1.807, 2.05) is 51.1 Å². The Bertz CT molecular complexity index is 529. The van der Waals surface area contributed by atoms with Crippen molar-refractivity contribution in [2.75, 3.05) is 6.61 Å².